The molecular weight excluding hydrogens is 227 g/mol. The molecule has 0 unspecified atom stereocenters. The van der Waals surface area contributed by atoms with Gasteiger partial charge >= 0.3 is 5.97 Å². The van der Waals surface area contributed by atoms with Crippen molar-refractivity contribution in [2.75, 3.05) is 6.26 Å². The molecule has 0 aromatic heterocycles. The molecule has 15 heavy (non-hydrogen) atoms. The number of aromatic hydroxyl groups is 1. The van der Waals surface area contributed by atoms with Crippen molar-refractivity contribution in [1.29, 1.82) is 0 Å². The number of halogens is 1. The normalized spacial score (nSPS) is 11.3. The Hall–Kier alpha value is -1.63. The minimum Gasteiger partial charge on any atom is -0.507 e. The molecule has 0 amide bonds. The molecule has 0 aliphatic rings. The van der Waals surface area contributed by atoms with Crippen LogP contribution in [-0.2, 0) is 9.84 Å². The fourth-order valence-corrected chi connectivity index (χ4v) is 1.74. The smallest absolute Gasteiger partial charge is 0.339 e. The second-order valence-electron chi connectivity index (χ2n) is 2.88. The summed E-state index contributed by atoms with van der Waals surface area (Å²) in [5.74, 6) is -3.52. The van der Waals surface area contributed by atoms with Crippen LogP contribution in [0.15, 0.2) is 17.0 Å². The van der Waals surface area contributed by atoms with Crippen LogP contribution in [0, 0.1) is 5.82 Å². The van der Waals surface area contributed by atoms with Crippen LogP contribution in [0.3, 0.4) is 0 Å². The first-order valence-electron chi connectivity index (χ1n) is 3.69. The van der Waals surface area contributed by atoms with Gasteiger partial charge in [-0.1, -0.05) is 0 Å². The molecule has 0 heterocycles. The summed E-state index contributed by atoms with van der Waals surface area (Å²) >= 11 is 0. The lowest BCUT2D eigenvalue weighted by atomic mass is 10.2. The van der Waals surface area contributed by atoms with Crippen LogP contribution in [0.25, 0.3) is 0 Å². The summed E-state index contributed by atoms with van der Waals surface area (Å²) in [7, 11) is -3.83. The van der Waals surface area contributed by atoms with Gasteiger partial charge in [0.05, 0.1) is 0 Å². The Morgan fingerprint density at radius 3 is 2.33 bits per heavy atom. The van der Waals surface area contributed by atoms with Crippen molar-refractivity contribution < 1.29 is 27.8 Å². The second kappa shape index (κ2) is 3.50. The molecule has 7 heteroatoms. The molecule has 82 valence electrons. The molecule has 0 saturated heterocycles. The summed E-state index contributed by atoms with van der Waals surface area (Å²) in [6.45, 7) is 0. The predicted molar refractivity (Wildman–Crippen MR) is 48.1 cm³/mol. The van der Waals surface area contributed by atoms with Gasteiger partial charge in [0.25, 0.3) is 0 Å². The summed E-state index contributed by atoms with van der Waals surface area (Å²) < 4.78 is 35.1. The molecule has 0 fully saturated rings. The highest BCUT2D eigenvalue weighted by atomic mass is 32.2. The van der Waals surface area contributed by atoms with E-state index in [0.29, 0.717) is 12.1 Å². The van der Waals surface area contributed by atoms with Crippen LogP contribution in [0.4, 0.5) is 4.39 Å². The summed E-state index contributed by atoms with van der Waals surface area (Å²) in [6, 6.07) is 1.04. The van der Waals surface area contributed by atoms with Crippen LogP contribution in [0.5, 0.6) is 5.75 Å². The van der Waals surface area contributed by atoms with Gasteiger partial charge in [0.15, 0.2) is 9.84 Å². The van der Waals surface area contributed by atoms with Crippen LogP contribution in [0.2, 0.25) is 0 Å². The van der Waals surface area contributed by atoms with Gasteiger partial charge in [-0.2, -0.15) is 0 Å². The SMILES string of the molecule is CS(=O)(=O)c1cc(O)c(C(=O)O)cc1F. The molecule has 0 aliphatic carbocycles. The third-order valence-corrected chi connectivity index (χ3v) is 2.79. The van der Waals surface area contributed by atoms with Crippen molar-refractivity contribution in [3.05, 3.63) is 23.5 Å². The maximum atomic E-state index is 13.1. The lowest BCUT2D eigenvalue weighted by Crippen LogP contribution is -2.04. The quantitative estimate of drug-likeness (QED) is 0.783. The van der Waals surface area contributed by atoms with E-state index in [2.05, 4.69) is 0 Å². The number of rotatable bonds is 2. The van der Waals surface area contributed by atoms with E-state index in [1.165, 1.54) is 0 Å². The molecule has 0 aliphatic heterocycles. The monoisotopic (exact) mass is 234 g/mol. The van der Waals surface area contributed by atoms with E-state index in [1.807, 2.05) is 0 Å². The summed E-state index contributed by atoms with van der Waals surface area (Å²) in [5.41, 5.74) is -0.681. The zero-order valence-corrected chi connectivity index (χ0v) is 8.38. The third-order valence-electron chi connectivity index (χ3n) is 1.68. The van der Waals surface area contributed by atoms with Gasteiger partial charge in [0, 0.05) is 12.3 Å². The van der Waals surface area contributed by atoms with Gasteiger partial charge in [-0.15, -0.1) is 0 Å². The summed E-state index contributed by atoms with van der Waals surface area (Å²) in [5, 5.41) is 17.6. The maximum absolute atomic E-state index is 13.1. The Morgan fingerprint density at radius 1 is 1.40 bits per heavy atom. The lowest BCUT2D eigenvalue weighted by Gasteiger charge is -2.04. The summed E-state index contributed by atoms with van der Waals surface area (Å²) in [6.07, 6.45) is 0.755. The van der Waals surface area contributed by atoms with Gasteiger partial charge in [-0.05, 0) is 6.07 Å². The fraction of sp³-hybridized carbons (Fsp3) is 0.125. The minimum atomic E-state index is -3.83. The van der Waals surface area contributed by atoms with E-state index < -0.39 is 37.8 Å². The van der Waals surface area contributed by atoms with E-state index in [0.717, 1.165) is 6.26 Å². The minimum absolute atomic E-state index is 0.466. The van der Waals surface area contributed by atoms with Crippen molar-refractivity contribution in [2.24, 2.45) is 0 Å². The predicted octanol–water partition coefficient (Wildman–Crippen LogP) is 0.633. The first-order valence-corrected chi connectivity index (χ1v) is 5.58. The number of benzene rings is 1. The Labute approximate surface area is 84.7 Å². The topological polar surface area (TPSA) is 91.7 Å². The average molecular weight is 234 g/mol. The number of sulfone groups is 1. The van der Waals surface area contributed by atoms with E-state index in [4.69, 9.17) is 10.2 Å². The van der Waals surface area contributed by atoms with E-state index in [-0.39, 0.29) is 0 Å². The van der Waals surface area contributed by atoms with E-state index in [9.17, 15) is 17.6 Å². The van der Waals surface area contributed by atoms with Crippen molar-refractivity contribution in [2.45, 2.75) is 4.90 Å². The van der Waals surface area contributed by atoms with E-state index in [1.54, 1.807) is 0 Å². The highest BCUT2D eigenvalue weighted by molar-refractivity contribution is 7.90. The molecule has 0 radical (unpaired) electrons. The van der Waals surface area contributed by atoms with Gasteiger partial charge in [-0.25, -0.2) is 17.6 Å². The number of hydrogen-bond acceptors (Lipinski definition) is 4. The van der Waals surface area contributed by atoms with Crippen LogP contribution >= 0.6 is 0 Å². The molecule has 1 aromatic rings. The first-order chi connectivity index (χ1) is 6.73. The lowest BCUT2D eigenvalue weighted by molar-refractivity contribution is 0.0693. The standard InChI is InChI=1S/C8H7FO5S/c1-15(13,14)7-3-6(10)4(8(11)12)2-5(7)9/h2-3,10H,1H3,(H,11,12). The number of carboxylic acid groups (broad SMARTS) is 1. The average Bonchev–Trinajstić information content (AvgIpc) is 2.06. The molecule has 0 bridgehead atoms. The molecule has 1 aromatic carbocycles. The number of carbonyl (C=O) groups is 1. The van der Waals surface area contributed by atoms with Gasteiger partial charge in [-0.3, -0.25) is 0 Å². The second-order valence-corrected chi connectivity index (χ2v) is 4.86. The van der Waals surface area contributed by atoms with Gasteiger partial charge < -0.3 is 10.2 Å². The van der Waals surface area contributed by atoms with Crippen LogP contribution < -0.4 is 0 Å². The molecule has 1 rings (SSSR count). The zero-order valence-electron chi connectivity index (χ0n) is 7.56. The summed E-state index contributed by atoms with van der Waals surface area (Å²) in [4.78, 5) is 9.73. The number of phenols is 1. The Kier molecular flexibility index (Phi) is 2.67. The number of carboxylic acids is 1. The molecule has 2 N–H and O–H groups in total. The van der Waals surface area contributed by atoms with Crippen LogP contribution in [0.1, 0.15) is 10.4 Å². The Morgan fingerprint density at radius 2 is 1.93 bits per heavy atom. The van der Waals surface area contributed by atoms with Crippen molar-refractivity contribution in [3.8, 4) is 5.75 Å². The zero-order chi connectivity index (χ0) is 11.8. The third kappa shape index (κ3) is 2.24. The highest BCUT2D eigenvalue weighted by Gasteiger charge is 2.19. The molecule has 5 nitrogen and oxygen atoms in total. The Balaban J connectivity index is 3.52. The van der Waals surface area contributed by atoms with E-state index >= 15 is 0 Å². The molecule has 0 atom stereocenters. The van der Waals surface area contributed by atoms with Crippen LogP contribution in [-0.4, -0.2) is 30.9 Å². The van der Waals surface area contributed by atoms with Gasteiger partial charge in [0.2, 0.25) is 0 Å². The molecular formula is C8H7FO5S. The molecule has 0 spiro atoms. The fourth-order valence-electron chi connectivity index (χ4n) is 0.998. The number of hydrogen-bond donors (Lipinski definition) is 2. The first kappa shape index (κ1) is 11.4. The van der Waals surface area contributed by atoms with Crippen molar-refractivity contribution in [3.63, 3.8) is 0 Å². The molecule has 0 saturated carbocycles. The van der Waals surface area contributed by atoms with Gasteiger partial charge in [0.1, 0.15) is 22.0 Å². The number of aromatic carboxylic acids is 1. The Bertz CT molecular complexity index is 520. The largest absolute Gasteiger partial charge is 0.507 e. The highest BCUT2D eigenvalue weighted by Crippen LogP contribution is 2.24. The van der Waals surface area contributed by atoms with Crippen molar-refractivity contribution in [1.82, 2.24) is 0 Å². The van der Waals surface area contributed by atoms with Crippen molar-refractivity contribution >= 4 is 15.8 Å². The maximum Gasteiger partial charge on any atom is 0.339 e.